The van der Waals surface area contributed by atoms with Gasteiger partial charge in [-0.1, -0.05) is 65.2 Å². The maximum absolute atomic E-state index is 12.5. The van der Waals surface area contributed by atoms with Gasteiger partial charge in [0.2, 0.25) is 5.91 Å². The van der Waals surface area contributed by atoms with Gasteiger partial charge < -0.3 is 5.32 Å². The Labute approximate surface area is 135 Å². The molecular formula is C18H33N3O. The van der Waals surface area contributed by atoms with Crippen molar-refractivity contribution < 1.29 is 4.79 Å². The summed E-state index contributed by atoms with van der Waals surface area (Å²) in [5.74, 6) is 0.313. The second-order valence-corrected chi connectivity index (χ2v) is 6.29. The zero-order chi connectivity index (χ0) is 16.2. The summed E-state index contributed by atoms with van der Waals surface area (Å²) in [5, 5.41) is 7.12. The summed E-state index contributed by atoms with van der Waals surface area (Å²) in [6, 6.07) is 0. The molecule has 0 aromatic carbocycles. The van der Waals surface area contributed by atoms with Crippen LogP contribution in [0.15, 0.2) is 12.4 Å². The molecule has 0 fully saturated rings. The lowest BCUT2D eigenvalue weighted by atomic mass is 9.93. The van der Waals surface area contributed by atoms with Crippen molar-refractivity contribution in [3.63, 3.8) is 0 Å². The molecule has 4 nitrogen and oxygen atoms in total. The molecule has 4 heteroatoms. The van der Waals surface area contributed by atoms with Gasteiger partial charge in [0.25, 0.3) is 0 Å². The molecule has 1 aromatic heterocycles. The SMILES string of the molecule is CCCCCCCC(CCCCC)C(=O)Nc1cnn(C)c1. The molecule has 0 saturated carbocycles. The number of carbonyl (C=O) groups is 1. The molecule has 0 bridgehead atoms. The molecule has 0 radical (unpaired) electrons. The molecule has 1 N–H and O–H groups in total. The van der Waals surface area contributed by atoms with Crippen LogP contribution in [0.2, 0.25) is 0 Å². The highest BCUT2D eigenvalue weighted by atomic mass is 16.1. The summed E-state index contributed by atoms with van der Waals surface area (Å²) in [6.07, 6.45) is 15.4. The number of aryl methyl sites for hydroxylation is 1. The van der Waals surface area contributed by atoms with E-state index in [-0.39, 0.29) is 11.8 Å². The van der Waals surface area contributed by atoms with E-state index in [0.29, 0.717) is 0 Å². The molecule has 1 aromatic rings. The highest BCUT2D eigenvalue weighted by Gasteiger charge is 2.18. The quantitative estimate of drug-likeness (QED) is 0.557. The molecule has 0 aliphatic rings. The van der Waals surface area contributed by atoms with Gasteiger partial charge in [-0.2, -0.15) is 5.10 Å². The number of nitrogens with one attached hydrogen (secondary N) is 1. The van der Waals surface area contributed by atoms with Crippen LogP contribution >= 0.6 is 0 Å². The minimum Gasteiger partial charge on any atom is -0.323 e. The lowest BCUT2D eigenvalue weighted by Crippen LogP contribution is -2.22. The maximum Gasteiger partial charge on any atom is 0.227 e. The fraction of sp³-hybridized carbons (Fsp3) is 0.778. The van der Waals surface area contributed by atoms with Crippen LogP contribution in [0.4, 0.5) is 5.69 Å². The second-order valence-electron chi connectivity index (χ2n) is 6.29. The predicted molar refractivity (Wildman–Crippen MR) is 92.8 cm³/mol. The summed E-state index contributed by atoms with van der Waals surface area (Å²) >= 11 is 0. The van der Waals surface area contributed by atoms with Gasteiger partial charge in [0, 0.05) is 19.2 Å². The van der Waals surface area contributed by atoms with Crippen LogP contribution < -0.4 is 5.32 Å². The Kier molecular flexibility index (Phi) is 9.60. The summed E-state index contributed by atoms with van der Waals surface area (Å²) < 4.78 is 1.71. The molecule has 1 rings (SSSR count). The number of amides is 1. The minimum absolute atomic E-state index is 0.147. The van der Waals surface area contributed by atoms with E-state index in [9.17, 15) is 4.79 Å². The van der Waals surface area contributed by atoms with Crippen molar-refractivity contribution in [3.05, 3.63) is 12.4 Å². The standard InChI is InChI=1S/C18H33N3O/c1-4-6-8-9-11-13-16(12-10-7-5-2)18(22)20-17-14-19-21(3)15-17/h14-16H,4-13H2,1-3H3,(H,20,22). The number of carbonyl (C=O) groups excluding carboxylic acids is 1. The van der Waals surface area contributed by atoms with Crippen molar-refractivity contribution in [1.29, 1.82) is 0 Å². The first-order chi connectivity index (χ1) is 10.7. The van der Waals surface area contributed by atoms with Crippen LogP contribution in [0.1, 0.15) is 78.1 Å². The smallest absolute Gasteiger partial charge is 0.227 e. The van der Waals surface area contributed by atoms with Gasteiger partial charge in [-0.25, -0.2) is 0 Å². The van der Waals surface area contributed by atoms with Crippen molar-refractivity contribution in [1.82, 2.24) is 9.78 Å². The van der Waals surface area contributed by atoms with Gasteiger partial charge in [-0.3, -0.25) is 9.48 Å². The Morgan fingerprint density at radius 2 is 1.68 bits per heavy atom. The number of aromatic nitrogens is 2. The van der Waals surface area contributed by atoms with Crippen LogP contribution in [0, 0.1) is 5.92 Å². The van der Waals surface area contributed by atoms with Gasteiger partial charge in [0.15, 0.2) is 0 Å². The Morgan fingerprint density at radius 1 is 1.09 bits per heavy atom. The third kappa shape index (κ3) is 7.62. The number of nitrogens with zero attached hydrogens (tertiary/aromatic N) is 2. The zero-order valence-electron chi connectivity index (χ0n) is 14.6. The molecule has 1 atom stereocenters. The van der Waals surface area contributed by atoms with Crippen molar-refractivity contribution >= 4 is 11.6 Å². The Morgan fingerprint density at radius 3 is 2.27 bits per heavy atom. The van der Waals surface area contributed by atoms with Crippen molar-refractivity contribution in [3.8, 4) is 0 Å². The van der Waals surface area contributed by atoms with Crippen LogP contribution in [0.3, 0.4) is 0 Å². The van der Waals surface area contributed by atoms with Gasteiger partial charge in [0.05, 0.1) is 11.9 Å². The first kappa shape index (κ1) is 18.7. The molecule has 1 heterocycles. The van der Waals surface area contributed by atoms with Crippen LogP contribution in [0.5, 0.6) is 0 Å². The fourth-order valence-electron chi connectivity index (χ4n) is 2.77. The molecule has 0 saturated heterocycles. The predicted octanol–water partition coefficient (Wildman–Crippen LogP) is 4.92. The molecule has 0 spiro atoms. The zero-order valence-corrected chi connectivity index (χ0v) is 14.6. The monoisotopic (exact) mass is 307 g/mol. The Balaban J connectivity index is 2.42. The average molecular weight is 307 g/mol. The molecule has 1 unspecified atom stereocenters. The van der Waals surface area contributed by atoms with Crippen LogP contribution in [0.25, 0.3) is 0 Å². The summed E-state index contributed by atoms with van der Waals surface area (Å²) in [4.78, 5) is 12.5. The number of rotatable bonds is 12. The highest BCUT2D eigenvalue weighted by Crippen LogP contribution is 2.20. The third-order valence-electron chi connectivity index (χ3n) is 4.16. The summed E-state index contributed by atoms with van der Waals surface area (Å²) in [5.41, 5.74) is 0.805. The number of anilines is 1. The lowest BCUT2D eigenvalue weighted by Gasteiger charge is -2.16. The topological polar surface area (TPSA) is 46.9 Å². The van der Waals surface area contributed by atoms with E-state index in [0.717, 1.165) is 31.4 Å². The third-order valence-corrected chi connectivity index (χ3v) is 4.16. The fourth-order valence-corrected chi connectivity index (χ4v) is 2.77. The summed E-state index contributed by atoms with van der Waals surface area (Å²) in [6.45, 7) is 4.43. The Hall–Kier alpha value is -1.32. The summed E-state index contributed by atoms with van der Waals surface area (Å²) in [7, 11) is 1.86. The largest absolute Gasteiger partial charge is 0.323 e. The van der Waals surface area contributed by atoms with Crippen LogP contribution in [-0.4, -0.2) is 15.7 Å². The van der Waals surface area contributed by atoms with Gasteiger partial charge in [0.1, 0.15) is 0 Å². The van der Waals surface area contributed by atoms with Crippen molar-refractivity contribution in [2.24, 2.45) is 13.0 Å². The lowest BCUT2D eigenvalue weighted by molar-refractivity contribution is -0.120. The second kappa shape index (κ2) is 11.3. The molecule has 22 heavy (non-hydrogen) atoms. The van der Waals surface area contributed by atoms with Crippen molar-refractivity contribution in [2.45, 2.75) is 78.1 Å². The normalized spacial score (nSPS) is 12.3. The average Bonchev–Trinajstić information content (AvgIpc) is 2.90. The van der Waals surface area contributed by atoms with E-state index in [1.807, 2.05) is 13.2 Å². The number of hydrogen-bond acceptors (Lipinski definition) is 2. The van der Waals surface area contributed by atoms with Gasteiger partial charge >= 0.3 is 0 Å². The maximum atomic E-state index is 12.5. The van der Waals surface area contributed by atoms with E-state index >= 15 is 0 Å². The first-order valence-electron chi connectivity index (χ1n) is 8.96. The van der Waals surface area contributed by atoms with E-state index < -0.39 is 0 Å². The minimum atomic E-state index is 0.147. The Bertz CT molecular complexity index is 414. The molecular weight excluding hydrogens is 274 g/mol. The van der Waals surface area contributed by atoms with Crippen LogP contribution in [-0.2, 0) is 11.8 Å². The molecule has 1 amide bonds. The molecule has 126 valence electrons. The van der Waals surface area contributed by atoms with Crippen molar-refractivity contribution in [2.75, 3.05) is 5.32 Å². The van der Waals surface area contributed by atoms with E-state index in [4.69, 9.17) is 0 Å². The molecule has 0 aliphatic carbocycles. The van der Waals surface area contributed by atoms with Gasteiger partial charge in [-0.15, -0.1) is 0 Å². The highest BCUT2D eigenvalue weighted by molar-refractivity contribution is 5.92. The first-order valence-corrected chi connectivity index (χ1v) is 8.96. The van der Waals surface area contributed by atoms with E-state index in [2.05, 4.69) is 24.3 Å². The molecule has 0 aliphatic heterocycles. The van der Waals surface area contributed by atoms with Gasteiger partial charge in [-0.05, 0) is 12.8 Å². The van der Waals surface area contributed by atoms with E-state index in [1.165, 1.54) is 38.5 Å². The number of unbranched alkanes of at least 4 members (excludes halogenated alkanes) is 6. The van der Waals surface area contributed by atoms with E-state index in [1.54, 1.807) is 10.9 Å². The number of hydrogen-bond donors (Lipinski definition) is 1.